The van der Waals surface area contributed by atoms with Gasteiger partial charge in [0, 0.05) is 6.20 Å². The number of carbonyl (C=O) groups is 3. The molecule has 2 rings (SSSR count). The summed E-state index contributed by atoms with van der Waals surface area (Å²) in [6.45, 7) is 0.0969. The Hall–Kier alpha value is -3.03. The zero-order valence-electron chi connectivity index (χ0n) is 15.9. The lowest BCUT2D eigenvalue weighted by Crippen LogP contribution is -2.49. The van der Waals surface area contributed by atoms with Crippen LogP contribution in [0.1, 0.15) is 44.1 Å². The molecule has 0 saturated heterocycles. The van der Waals surface area contributed by atoms with Crippen LogP contribution < -0.4 is 22.1 Å². The van der Waals surface area contributed by atoms with Gasteiger partial charge in [-0.05, 0) is 17.9 Å². The van der Waals surface area contributed by atoms with Crippen molar-refractivity contribution in [2.45, 2.75) is 51.2 Å². The van der Waals surface area contributed by atoms with E-state index in [0.29, 0.717) is 12.3 Å². The van der Waals surface area contributed by atoms with Crippen molar-refractivity contribution in [3.63, 3.8) is 0 Å². The highest BCUT2D eigenvalue weighted by atomic mass is 16.5. The van der Waals surface area contributed by atoms with E-state index in [1.807, 2.05) is 30.3 Å². The summed E-state index contributed by atoms with van der Waals surface area (Å²) in [6.07, 6.45) is 6.09. The van der Waals surface area contributed by atoms with Crippen LogP contribution in [0.4, 0.5) is 4.79 Å². The lowest BCUT2D eigenvalue weighted by molar-refractivity contribution is -0.124. The number of hydrogen-bond donors (Lipinski definition) is 4. The standard InChI is InChI=1S/C20H28N4O4/c21-12-17(18(22)25)23-19(26)16(11-14-7-3-1-4-8-14)24-20(27)28-13-15-9-5-2-6-10-15/h2,5-6,9-10,12,14,16H,1,3-4,7-8,11,13,21H2,(H2,22,25)(H,23,26)(H,24,27)/t16-/m0/s1. The van der Waals surface area contributed by atoms with Crippen LogP contribution in [0.25, 0.3) is 0 Å². The van der Waals surface area contributed by atoms with Gasteiger partial charge in [-0.15, -0.1) is 0 Å². The van der Waals surface area contributed by atoms with E-state index in [9.17, 15) is 14.4 Å². The summed E-state index contributed by atoms with van der Waals surface area (Å²) >= 11 is 0. The second-order valence-electron chi connectivity index (χ2n) is 6.93. The number of rotatable bonds is 8. The van der Waals surface area contributed by atoms with Crippen molar-refractivity contribution in [3.05, 3.63) is 47.8 Å². The van der Waals surface area contributed by atoms with Crippen molar-refractivity contribution in [2.75, 3.05) is 0 Å². The molecule has 0 bridgehead atoms. The van der Waals surface area contributed by atoms with Crippen LogP contribution >= 0.6 is 0 Å². The molecule has 0 aromatic heterocycles. The fourth-order valence-corrected chi connectivity index (χ4v) is 3.30. The lowest BCUT2D eigenvalue weighted by atomic mass is 9.84. The predicted octanol–water partition coefficient (Wildman–Crippen LogP) is 1.65. The second-order valence-corrected chi connectivity index (χ2v) is 6.93. The second kappa shape index (κ2) is 11.0. The van der Waals surface area contributed by atoms with Gasteiger partial charge in [-0.1, -0.05) is 62.4 Å². The molecule has 1 saturated carbocycles. The molecule has 0 radical (unpaired) electrons. The number of nitrogens with two attached hydrogens (primary N) is 2. The van der Waals surface area contributed by atoms with Gasteiger partial charge in [-0.2, -0.15) is 0 Å². The monoisotopic (exact) mass is 388 g/mol. The summed E-state index contributed by atoms with van der Waals surface area (Å²) in [6, 6.07) is 8.40. The average molecular weight is 388 g/mol. The van der Waals surface area contributed by atoms with Crippen LogP contribution in [-0.4, -0.2) is 23.9 Å². The molecule has 6 N–H and O–H groups in total. The van der Waals surface area contributed by atoms with E-state index < -0.39 is 23.9 Å². The van der Waals surface area contributed by atoms with Crippen molar-refractivity contribution in [2.24, 2.45) is 17.4 Å². The van der Waals surface area contributed by atoms with Crippen LogP contribution in [0.15, 0.2) is 42.2 Å². The van der Waals surface area contributed by atoms with Crippen molar-refractivity contribution in [1.82, 2.24) is 10.6 Å². The molecule has 28 heavy (non-hydrogen) atoms. The van der Waals surface area contributed by atoms with E-state index in [1.165, 1.54) is 6.42 Å². The van der Waals surface area contributed by atoms with Crippen molar-refractivity contribution >= 4 is 17.9 Å². The summed E-state index contributed by atoms with van der Waals surface area (Å²) in [5.74, 6) is -1.07. The Morgan fingerprint density at radius 3 is 2.43 bits per heavy atom. The summed E-state index contributed by atoms with van der Waals surface area (Å²) in [5, 5.41) is 5.00. The minimum atomic E-state index is -0.848. The van der Waals surface area contributed by atoms with E-state index in [4.69, 9.17) is 16.2 Å². The lowest BCUT2D eigenvalue weighted by Gasteiger charge is -2.26. The summed E-state index contributed by atoms with van der Waals surface area (Å²) < 4.78 is 5.22. The largest absolute Gasteiger partial charge is 0.445 e. The van der Waals surface area contributed by atoms with Gasteiger partial charge in [0.1, 0.15) is 18.3 Å². The molecule has 0 aliphatic heterocycles. The van der Waals surface area contributed by atoms with Crippen LogP contribution in [0, 0.1) is 5.92 Å². The van der Waals surface area contributed by atoms with Crippen LogP contribution in [0.5, 0.6) is 0 Å². The third kappa shape index (κ3) is 6.94. The summed E-state index contributed by atoms with van der Waals surface area (Å²) in [5.41, 5.74) is 11.1. The number of nitrogens with one attached hydrogen (secondary N) is 2. The Kier molecular flexibility index (Phi) is 8.33. The Labute approximate surface area is 164 Å². The minimum Gasteiger partial charge on any atom is -0.445 e. The van der Waals surface area contributed by atoms with E-state index in [2.05, 4.69) is 10.6 Å². The van der Waals surface area contributed by atoms with Gasteiger partial charge in [0.2, 0.25) is 5.91 Å². The maximum atomic E-state index is 12.6. The van der Waals surface area contributed by atoms with Gasteiger partial charge in [0.05, 0.1) is 0 Å². The van der Waals surface area contributed by atoms with E-state index in [0.717, 1.165) is 37.4 Å². The Morgan fingerprint density at radius 2 is 1.82 bits per heavy atom. The molecule has 1 aliphatic carbocycles. The highest BCUT2D eigenvalue weighted by Gasteiger charge is 2.27. The molecule has 8 nitrogen and oxygen atoms in total. The maximum absolute atomic E-state index is 12.6. The minimum absolute atomic E-state index is 0.0969. The normalized spacial score (nSPS) is 16.1. The summed E-state index contributed by atoms with van der Waals surface area (Å²) in [4.78, 5) is 36.1. The van der Waals surface area contributed by atoms with Crippen molar-refractivity contribution < 1.29 is 19.1 Å². The molecule has 3 amide bonds. The number of ether oxygens (including phenoxy) is 1. The quantitative estimate of drug-likeness (QED) is 0.502. The molecule has 0 heterocycles. The number of amides is 3. The molecule has 1 atom stereocenters. The molecule has 1 aliphatic rings. The van der Waals surface area contributed by atoms with Gasteiger partial charge in [0.25, 0.3) is 5.91 Å². The molecule has 0 unspecified atom stereocenters. The van der Waals surface area contributed by atoms with Crippen LogP contribution in [0.3, 0.4) is 0 Å². The topological polar surface area (TPSA) is 137 Å². The van der Waals surface area contributed by atoms with Gasteiger partial charge < -0.3 is 26.8 Å². The average Bonchev–Trinajstić information content (AvgIpc) is 2.71. The maximum Gasteiger partial charge on any atom is 0.408 e. The van der Waals surface area contributed by atoms with Gasteiger partial charge in [-0.25, -0.2) is 4.79 Å². The first kappa shape index (κ1) is 21.3. The first-order valence-electron chi connectivity index (χ1n) is 9.49. The molecule has 1 fully saturated rings. The predicted molar refractivity (Wildman–Crippen MR) is 104 cm³/mol. The van der Waals surface area contributed by atoms with E-state index in [-0.39, 0.29) is 12.3 Å². The third-order valence-electron chi connectivity index (χ3n) is 4.81. The fraction of sp³-hybridized carbons (Fsp3) is 0.450. The molecular weight excluding hydrogens is 360 g/mol. The van der Waals surface area contributed by atoms with Crippen LogP contribution in [0.2, 0.25) is 0 Å². The molecule has 8 heteroatoms. The molecule has 0 spiro atoms. The number of hydrogen-bond acceptors (Lipinski definition) is 5. The Balaban J connectivity index is 1.98. The first-order valence-corrected chi connectivity index (χ1v) is 9.49. The van der Waals surface area contributed by atoms with Crippen molar-refractivity contribution in [3.8, 4) is 0 Å². The zero-order valence-corrected chi connectivity index (χ0v) is 15.9. The number of alkyl carbamates (subject to hydrolysis) is 1. The molecule has 1 aromatic carbocycles. The van der Waals surface area contributed by atoms with Gasteiger partial charge >= 0.3 is 6.09 Å². The number of primary amides is 1. The molecular formula is C20H28N4O4. The van der Waals surface area contributed by atoms with Gasteiger partial charge in [-0.3, -0.25) is 9.59 Å². The fourth-order valence-electron chi connectivity index (χ4n) is 3.30. The smallest absolute Gasteiger partial charge is 0.408 e. The highest BCUT2D eigenvalue weighted by molar-refractivity contribution is 5.98. The third-order valence-corrected chi connectivity index (χ3v) is 4.81. The molecule has 152 valence electrons. The summed E-state index contributed by atoms with van der Waals surface area (Å²) in [7, 11) is 0. The number of benzene rings is 1. The Morgan fingerprint density at radius 1 is 1.14 bits per heavy atom. The number of carbonyl (C=O) groups excluding carboxylic acids is 3. The Bertz CT molecular complexity index is 699. The van der Waals surface area contributed by atoms with Crippen molar-refractivity contribution in [1.29, 1.82) is 0 Å². The van der Waals surface area contributed by atoms with Crippen LogP contribution in [-0.2, 0) is 20.9 Å². The first-order chi connectivity index (χ1) is 13.5. The van der Waals surface area contributed by atoms with Gasteiger partial charge in [0.15, 0.2) is 0 Å². The highest BCUT2D eigenvalue weighted by Crippen LogP contribution is 2.27. The van der Waals surface area contributed by atoms with E-state index in [1.54, 1.807) is 0 Å². The molecule has 1 aromatic rings. The zero-order chi connectivity index (χ0) is 20.4. The SMILES string of the molecule is NC=C(NC(=O)[C@H](CC1CCCCC1)NC(=O)OCc1ccccc1)C(N)=O. The van der Waals surface area contributed by atoms with E-state index >= 15 is 0 Å².